The van der Waals surface area contributed by atoms with Gasteiger partial charge < -0.3 is 15.7 Å². The average molecular weight is 287 g/mol. The van der Waals surface area contributed by atoms with Gasteiger partial charge in [-0.3, -0.25) is 0 Å². The van der Waals surface area contributed by atoms with E-state index < -0.39 is 0 Å². The van der Waals surface area contributed by atoms with Crippen LogP contribution in [0.1, 0.15) is 36.8 Å². The van der Waals surface area contributed by atoms with Crippen LogP contribution in [0.4, 0.5) is 4.79 Å². The number of rotatable bonds is 4. The van der Waals surface area contributed by atoms with E-state index in [1.165, 1.54) is 0 Å². The van der Waals surface area contributed by atoms with Gasteiger partial charge in [-0.15, -0.1) is 0 Å². The Morgan fingerprint density at radius 3 is 2.95 bits per heavy atom. The van der Waals surface area contributed by atoms with Crippen LogP contribution in [0.5, 0.6) is 0 Å². The molecule has 21 heavy (non-hydrogen) atoms. The molecule has 5 nitrogen and oxygen atoms in total. The van der Waals surface area contributed by atoms with E-state index in [1.807, 2.05) is 6.07 Å². The molecule has 5 heteroatoms. The highest BCUT2D eigenvalue weighted by atomic mass is 16.3. The monoisotopic (exact) mass is 287 g/mol. The Labute approximate surface area is 125 Å². The molecule has 0 bridgehead atoms. The van der Waals surface area contributed by atoms with Crippen molar-refractivity contribution in [3.63, 3.8) is 0 Å². The lowest BCUT2D eigenvalue weighted by Crippen LogP contribution is -2.47. The summed E-state index contributed by atoms with van der Waals surface area (Å²) in [5, 5.41) is 23.9. The zero-order valence-electron chi connectivity index (χ0n) is 12.0. The fraction of sp³-hybridized carbons (Fsp3) is 0.500. The Kier molecular flexibility index (Phi) is 5.59. The van der Waals surface area contributed by atoms with Crippen molar-refractivity contribution < 1.29 is 9.90 Å². The SMILES string of the molecule is N#Cc1cccc(CNC(=O)NC2CCCCC2CO)c1. The van der Waals surface area contributed by atoms with Gasteiger partial charge in [0, 0.05) is 25.1 Å². The third kappa shape index (κ3) is 4.47. The average Bonchev–Trinajstić information content (AvgIpc) is 2.53. The second kappa shape index (κ2) is 7.65. The summed E-state index contributed by atoms with van der Waals surface area (Å²) in [6.07, 6.45) is 4.09. The smallest absolute Gasteiger partial charge is 0.315 e. The molecule has 1 aromatic carbocycles. The number of benzene rings is 1. The molecule has 0 heterocycles. The predicted octanol–water partition coefficient (Wildman–Crippen LogP) is 1.91. The van der Waals surface area contributed by atoms with Crippen molar-refractivity contribution in [1.29, 1.82) is 5.26 Å². The Morgan fingerprint density at radius 1 is 1.38 bits per heavy atom. The summed E-state index contributed by atoms with van der Waals surface area (Å²) in [6.45, 7) is 0.507. The summed E-state index contributed by atoms with van der Waals surface area (Å²) in [5.74, 6) is 0.159. The summed E-state index contributed by atoms with van der Waals surface area (Å²) in [7, 11) is 0. The number of nitrogens with zero attached hydrogens (tertiary/aromatic N) is 1. The minimum atomic E-state index is -0.220. The first-order chi connectivity index (χ1) is 10.2. The van der Waals surface area contributed by atoms with Crippen LogP contribution in [0.25, 0.3) is 0 Å². The van der Waals surface area contributed by atoms with E-state index in [2.05, 4.69) is 16.7 Å². The Balaban J connectivity index is 1.82. The Morgan fingerprint density at radius 2 is 2.19 bits per heavy atom. The molecule has 3 N–H and O–H groups in total. The fourth-order valence-electron chi connectivity index (χ4n) is 2.77. The molecule has 1 aromatic rings. The summed E-state index contributed by atoms with van der Waals surface area (Å²) in [5.41, 5.74) is 1.48. The molecule has 112 valence electrons. The number of urea groups is 1. The molecule has 0 spiro atoms. The van der Waals surface area contributed by atoms with E-state index in [0.29, 0.717) is 12.1 Å². The Bertz CT molecular complexity index is 524. The van der Waals surface area contributed by atoms with Crippen LogP contribution in [0.15, 0.2) is 24.3 Å². The molecule has 0 saturated heterocycles. The van der Waals surface area contributed by atoms with Gasteiger partial charge in [-0.05, 0) is 30.5 Å². The summed E-state index contributed by atoms with van der Waals surface area (Å²) in [4.78, 5) is 11.9. The molecule has 1 saturated carbocycles. The van der Waals surface area contributed by atoms with Gasteiger partial charge in [0.15, 0.2) is 0 Å². The summed E-state index contributed by atoms with van der Waals surface area (Å²) >= 11 is 0. The quantitative estimate of drug-likeness (QED) is 0.790. The third-order valence-corrected chi connectivity index (χ3v) is 3.97. The second-order valence-electron chi connectivity index (χ2n) is 5.47. The highest BCUT2D eigenvalue weighted by Crippen LogP contribution is 2.23. The largest absolute Gasteiger partial charge is 0.396 e. The molecule has 0 radical (unpaired) electrons. The highest BCUT2D eigenvalue weighted by molar-refractivity contribution is 5.74. The van der Waals surface area contributed by atoms with Gasteiger partial charge >= 0.3 is 6.03 Å². The van der Waals surface area contributed by atoms with Gasteiger partial charge in [0.2, 0.25) is 0 Å². The molecule has 2 rings (SSSR count). The highest BCUT2D eigenvalue weighted by Gasteiger charge is 2.25. The fourth-order valence-corrected chi connectivity index (χ4v) is 2.77. The first kappa shape index (κ1) is 15.3. The van der Waals surface area contributed by atoms with Crippen LogP contribution in [0.3, 0.4) is 0 Å². The lowest BCUT2D eigenvalue weighted by molar-refractivity contribution is 0.153. The van der Waals surface area contributed by atoms with Crippen LogP contribution in [0.2, 0.25) is 0 Å². The van der Waals surface area contributed by atoms with Crippen LogP contribution in [-0.4, -0.2) is 23.8 Å². The number of carbonyl (C=O) groups is 1. The van der Waals surface area contributed by atoms with Crippen LogP contribution < -0.4 is 10.6 Å². The number of hydrogen-bond acceptors (Lipinski definition) is 3. The molecule has 2 atom stereocenters. The van der Waals surface area contributed by atoms with Gasteiger partial charge in [0.05, 0.1) is 11.6 Å². The van der Waals surface area contributed by atoms with Crippen LogP contribution in [0, 0.1) is 17.2 Å². The van der Waals surface area contributed by atoms with Crippen molar-refractivity contribution in [3.8, 4) is 6.07 Å². The first-order valence-electron chi connectivity index (χ1n) is 7.37. The van der Waals surface area contributed by atoms with Gasteiger partial charge in [-0.2, -0.15) is 5.26 Å². The van der Waals surface area contributed by atoms with Gasteiger partial charge in [-0.1, -0.05) is 25.0 Å². The molecule has 2 unspecified atom stereocenters. The van der Waals surface area contributed by atoms with Crippen molar-refractivity contribution in [2.24, 2.45) is 5.92 Å². The lowest BCUT2D eigenvalue weighted by atomic mass is 9.85. The molecule has 1 fully saturated rings. The van der Waals surface area contributed by atoms with E-state index in [-0.39, 0.29) is 24.6 Å². The number of nitrogens with one attached hydrogen (secondary N) is 2. The van der Waals surface area contributed by atoms with E-state index >= 15 is 0 Å². The topological polar surface area (TPSA) is 85.2 Å². The number of carbonyl (C=O) groups excluding carboxylic acids is 1. The van der Waals surface area contributed by atoms with Crippen molar-refractivity contribution >= 4 is 6.03 Å². The molecule has 2 amide bonds. The van der Waals surface area contributed by atoms with E-state index in [0.717, 1.165) is 31.2 Å². The molecular formula is C16H21N3O2. The number of hydrogen-bond donors (Lipinski definition) is 3. The number of amides is 2. The maximum Gasteiger partial charge on any atom is 0.315 e. The maximum atomic E-state index is 11.9. The molecule has 1 aliphatic rings. The van der Waals surface area contributed by atoms with E-state index in [4.69, 9.17) is 5.26 Å². The summed E-state index contributed by atoms with van der Waals surface area (Å²) in [6, 6.07) is 9.08. The second-order valence-corrected chi connectivity index (χ2v) is 5.47. The van der Waals surface area contributed by atoms with E-state index in [9.17, 15) is 9.90 Å². The zero-order valence-corrected chi connectivity index (χ0v) is 12.0. The minimum absolute atomic E-state index is 0.0502. The van der Waals surface area contributed by atoms with Crippen LogP contribution in [-0.2, 0) is 6.54 Å². The number of aliphatic hydroxyl groups excluding tert-OH is 1. The molecule has 0 aromatic heterocycles. The van der Waals surface area contributed by atoms with Crippen LogP contribution >= 0.6 is 0 Å². The summed E-state index contributed by atoms with van der Waals surface area (Å²) < 4.78 is 0. The minimum Gasteiger partial charge on any atom is -0.396 e. The van der Waals surface area contributed by atoms with Gasteiger partial charge in [0.25, 0.3) is 0 Å². The van der Waals surface area contributed by atoms with Crippen molar-refractivity contribution in [2.75, 3.05) is 6.61 Å². The van der Waals surface area contributed by atoms with Gasteiger partial charge in [0.1, 0.15) is 0 Å². The number of aliphatic hydroxyl groups is 1. The van der Waals surface area contributed by atoms with Crippen molar-refractivity contribution in [2.45, 2.75) is 38.3 Å². The molecular weight excluding hydrogens is 266 g/mol. The van der Waals surface area contributed by atoms with Crippen molar-refractivity contribution in [3.05, 3.63) is 35.4 Å². The standard InChI is InChI=1S/C16H21N3O2/c17-9-12-4-3-5-13(8-12)10-18-16(21)19-15-7-2-1-6-14(15)11-20/h3-5,8,14-15,20H,1-2,6-7,10-11H2,(H2,18,19,21). The molecule has 0 aliphatic heterocycles. The third-order valence-electron chi connectivity index (χ3n) is 3.97. The maximum absolute atomic E-state index is 11.9. The predicted molar refractivity (Wildman–Crippen MR) is 79.4 cm³/mol. The van der Waals surface area contributed by atoms with Crippen molar-refractivity contribution in [1.82, 2.24) is 10.6 Å². The van der Waals surface area contributed by atoms with E-state index in [1.54, 1.807) is 18.2 Å². The lowest BCUT2D eigenvalue weighted by Gasteiger charge is -2.30. The molecule has 1 aliphatic carbocycles. The van der Waals surface area contributed by atoms with Gasteiger partial charge in [-0.25, -0.2) is 4.79 Å². The number of nitriles is 1. The zero-order chi connectivity index (χ0) is 15.1. The normalized spacial score (nSPS) is 21.3. The first-order valence-corrected chi connectivity index (χ1v) is 7.37. The Hall–Kier alpha value is -2.06.